The van der Waals surface area contributed by atoms with Crippen LogP contribution in [0, 0.1) is 6.92 Å². The Hall–Kier alpha value is -2.55. The summed E-state index contributed by atoms with van der Waals surface area (Å²) < 4.78 is 11.2. The van der Waals surface area contributed by atoms with Gasteiger partial charge in [-0.15, -0.1) is 0 Å². The Labute approximate surface area is 116 Å². The summed E-state index contributed by atoms with van der Waals surface area (Å²) >= 11 is 0. The maximum Gasteiger partial charge on any atom is 0.177 e. The van der Waals surface area contributed by atoms with Gasteiger partial charge in [0.1, 0.15) is 5.76 Å². The third kappa shape index (κ3) is 1.88. The van der Waals surface area contributed by atoms with Crippen LogP contribution in [0.5, 0.6) is 5.75 Å². The molecule has 0 saturated heterocycles. The number of methoxy groups -OCH3 is 1. The third-order valence-electron chi connectivity index (χ3n) is 3.44. The van der Waals surface area contributed by atoms with E-state index in [4.69, 9.17) is 9.15 Å². The van der Waals surface area contributed by atoms with Crippen molar-refractivity contribution in [3.8, 4) is 17.1 Å². The Bertz CT molecular complexity index is 784. The van der Waals surface area contributed by atoms with Crippen LogP contribution >= 0.6 is 0 Å². The lowest BCUT2D eigenvalue weighted by molar-refractivity contribution is 0.112. The van der Waals surface area contributed by atoms with Crippen molar-refractivity contribution in [2.75, 3.05) is 7.11 Å². The topological polar surface area (TPSA) is 39.4 Å². The van der Waals surface area contributed by atoms with Crippen LogP contribution in [-0.2, 0) is 0 Å². The average Bonchev–Trinajstić information content (AvgIpc) is 2.91. The lowest BCUT2D eigenvalue weighted by atomic mass is 10.1. The Kier molecular flexibility index (Phi) is 3.03. The molecule has 0 N–H and O–H groups in total. The van der Waals surface area contributed by atoms with Crippen LogP contribution in [0.25, 0.3) is 22.3 Å². The van der Waals surface area contributed by atoms with E-state index in [-0.39, 0.29) is 0 Å². The summed E-state index contributed by atoms with van der Waals surface area (Å²) in [5.74, 6) is 1.37. The van der Waals surface area contributed by atoms with Crippen molar-refractivity contribution in [2.24, 2.45) is 0 Å². The fourth-order valence-corrected chi connectivity index (χ4v) is 2.37. The third-order valence-corrected chi connectivity index (χ3v) is 3.44. The molecule has 0 fully saturated rings. The first-order chi connectivity index (χ1) is 9.74. The molecule has 0 aliphatic carbocycles. The van der Waals surface area contributed by atoms with E-state index in [1.54, 1.807) is 19.2 Å². The molecule has 0 spiro atoms. The summed E-state index contributed by atoms with van der Waals surface area (Å²) in [5.41, 5.74) is 3.35. The molecule has 3 heteroatoms. The Balaban J connectivity index is 2.30. The van der Waals surface area contributed by atoms with Gasteiger partial charge in [0.05, 0.1) is 7.11 Å². The number of carbonyl (C=O) groups excluding carboxylic acids is 1. The van der Waals surface area contributed by atoms with E-state index in [1.165, 1.54) is 0 Å². The minimum atomic E-state index is 0.601. The molecule has 1 aromatic heterocycles. The molecule has 0 bridgehead atoms. The fourth-order valence-electron chi connectivity index (χ4n) is 2.37. The maximum absolute atomic E-state index is 11.2. The van der Waals surface area contributed by atoms with Gasteiger partial charge in [-0.05, 0) is 30.7 Å². The number of ether oxygens (including phenoxy) is 1. The molecular weight excluding hydrogens is 252 g/mol. The number of benzene rings is 2. The van der Waals surface area contributed by atoms with E-state index in [0.717, 1.165) is 28.6 Å². The highest BCUT2D eigenvalue weighted by atomic mass is 16.5. The molecule has 0 aliphatic rings. The van der Waals surface area contributed by atoms with Crippen LogP contribution in [0.1, 0.15) is 15.9 Å². The zero-order valence-electron chi connectivity index (χ0n) is 11.3. The second-order valence-electron chi connectivity index (χ2n) is 4.64. The Morgan fingerprint density at radius 1 is 1.15 bits per heavy atom. The number of rotatable bonds is 3. The Morgan fingerprint density at radius 3 is 2.65 bits per heavy atom. The number of aldehydes is 1. The van der Waals surface area contributed by atoms with Gasteiger partial charge in [-0.25, -0.2) is 0 Å². The number of furan rings is 1. The molecule has 3 aromatic rings. The molecule has 0 saturated carbocycles. The standard InChI is InChI=1S/C17H14O3/c1-11-5-3-4-6-13(11)16-9-14-12(10-18)7-8-15(19-2)17(14)20-16/h3-10H,1-2H3. The van der Waals surface area contributed by atoms with Crippen molar-refractivity contribution in [1.29, 1.82) is 0 Å². The number of aryl methyl sites for hydroxylation is 1. The van der Waals surface area contributed by atoms with Gasteiger partial charge in [0.2, 0.25) is 0 Å². The van der Waals surface area contributed by atoms with E-state index >= 15 is 0 Å². The van der Waals surface area contributed by atoms with E-state index in [0.29, 0.717) is 16.9 Å². The van der Waals surface area contributed by atoms with Gasteiger partial charge in [-0.3, -0.25) is 4.79 Å². The van der Waals surface area contributed by atoms with E-state index in [9.17, 15) is 4.79 Å². The van der Waals surface area contributed by atoms with Gasteiger partial charge in [-0.2, -0.15) is 0 Å². The largest absolute Gasteiger partial charge is 0.493 e. The first kappa shape index (κ1) is 12.5. The van der Waals surface area contributed by atoms with Gasteiger partial charge in [-0.1, -0.05) is 24.3 Å². The van der Waals surface area contributed by atoms with Crippen molar-refractivity contribution < 1.29 is 13.9 Å². The summed E-state index contributed by atoms with van der Waals surface area (Å²) in [4.78, 5) is 11.2. The van der Waals surface area contributed by atoms with E-state index < -0.39 is 0 Å². The summed E-state index contributed by atoms with van der Waals surface area (Å²) in [5, 5.41) is 0.776. The number of carbonyl (C=O) groups is 1. The second-order valence-corrected chi connectivity index (χ2v) is 4.64. The van der Waals surface area contributed by atoms with Gasteiger partial charge in [0, 0.05) is 16.5 Å². The Morgan fingerprint density at radius 2 is 1.95 bits per heavy atom. The molecule has 0 atom stereocenters. The van der Waals surface area contributed by atoms with Crippen molar-refractivity contribution in [2.45, 2.75) is 6.92 Å². The number of fused-ring (bicyclic) bond motifs is 1. The highest BCUT2D eigenvalue weighted by Gasteiger charge is 2.14. The van der Waals surface area contributed by atoms with Crippen molar-refractivity contribution >= 4 is 17.3 Å². The molecule has 2 aromatic carbocycles. The summed E-state index contributed by atoms with van der Waals surface area (Å²) in [6, 6.07) is 13.4. The average molecular weight is 266 g/mol. The predicted octanol–water partition coefficient (Wildman–Crippen LogP) is 4.23. The zero-order valence-corrected chi connectivity index (χ0v) is 11.3. The zero-order chi connectivity index (χ0) is 14.1. The van der Waals surface area contributed by atoms with Crippen molar-refractivity contribution in [3.05, 3.63) is 53.6 Å². The highest BCUT2D eigenvalue weighted by molar-refractivity contribution is 6.00. The molecule has 1 heterocycles. The maximum atomic E-state index is 11.2. The van der Waals surface area contributed by atoms with Crippen molar-refractivity contribution in [1.82, 2.24) is 0 Å². The van der Waals surface area contributed by atoms with Gasteiger partial charge in [0.25, 0.3) is 0 Å². The minimum absolute atomic E-state index is 0.601. The molecule has 3 nitrogen and oxygen atoms in total. The monoisotopic (exact) mass is 266 g/mol. The van der Waals surface area contributed by atoms with Crippen LogP contribution in [-0.4, -0.2) is 13.4 Å². The van der Waals surface area contributed by atoms with Gasteiger partial charge < -0.3 is 9.15 Å². The minimum Gasteiger partial charge on any atom is -0.493 e. The lowest BCUT2D eigenvalue weighted by Gasteiger charge is -2.02. The SMILES string of the molecule is COc1ccc(C=O)c2cc(-c3ccccc3C)oc12. The molecular formula is C17H14O3. The summed E-state index contributed by atoms with van der Waals surface area (Å²) in [6.07, 6.45) is 0.832. The lowest BCUT2D eigenvalue weighted by Crippen LogP contribution is -1.86. The molecule has 0 aliphatic heterocycles. The first-order valence-electron chi connectivity index (χ1n) is 6.36. The van der Waals surface area contributed by atoms with Gasteiger partial charge >= 0.3 is 0 Å². The summed E-state index contributed by atoms with van der Waals surface area (Å²) in [6.45, 7) is 2.03. The van der Waals surface area contributed by atoms with E-state index in [1.807, 2.05) is 37.3 Å². The number of hydrogen-bond acceptors (Lipinski definition) is 3. The van der Waals surface area contributed by atoms with Crippen molar-refractivity contribution in [3.63, 3.8) is 0 Å². The molecule has 20 heavy (non-hydrogen) atoms. The normalized spacial score (nSPS) is 10.7. The molecule has 0 amide bonds. The molecule has 3 rings (SSSR count). The summed E-state index contributed by atoms with van der Waals surface area (Å²) in [7, 11) is 1.59. The number of hydrogen-bond donors (Lipinski definition) is 0. The highest BCUT2D eigenvalue weighted by Crippen LogP contribution is 2.35. The fraction of sp³-hybridized carbons (Fsp3) is 0.118. The van der Waals surface area contributed by atoms with Gasteiger partial charge in [0.15, 0.2) is 17.6 Å². The van der Waals surface area contributed by atoms with Crippen LogP contribution in [0.15, 0.2) is 46.9 Å². The van der Waals surface area contributed by atoms with E-state index in [2.05, 4.69) is 0 Å². The molecule has 0 unspecified atom stereocenters. The predicted molar refractivity (Wildman–Crippen MR) is 78.3 cm³/mol. The van der Waals surface area contributed by atoms with Crippen LogP contribution in [0.3, 0.4) is 0 Å². The van der Waals surface area contributed by atoms with Crippen LogP contribution in [0.4, 0.5) is 0 Å². The molecule has 100 valence electrons. The second kappa shape index (κ2) is 4.85. The van der Waals surface area contributed by atoms with Crippen LogP contribution < -0.4 is 4.74 Å². The first-order valence-corrected chi connectivity index (χ1v) is 6.36. The smallest absolute Gasteiger partial charge is 0.177 e. The quantitative estimate of drug-likeness (QED) is 0.666. The van der Waals surface area contributed by atoms with Crippen LogP contribution in [0.2, 0.25) is 0 Å². The molecule has 0 radical (unpaired) electrons.